The Hall–Kier alpha value is -2.28. The molecule has 3 rings (SSSR count). The highest BCUT2D eigenvalue weighted by Crippen LogP contribution is 2.25. The van der Waals surface area contributed by atoms with Gasteiger partial charge in [0.1, 0.15) is 0 Å². The van der Waals surface area contributed by atoms with Gasteiger partial charge in [-0.15, -0.1) is 10.2 Å². The molecule has 0 saturated heterocycles. The van der Waals surface area contributed by atoms with Crippen LogP contribution in [-0.2, 0) is 0 Å². The Morgan fingerprint density at radius 3 is 2.77 bits per heavy atom. The quantitative estimate of drug-likeness (QED) is 0.546. The molecule has 0 N–H and O–H groups in total. The average molecular weight is 319 g/mol. The fourth-order valence-electron chi connectivity index (χ4n) is 2.00. The van der Waals surface area contributed by atoms with Crippen LogP contribution in [0.3, 0.4) is 0 Å². The maximum atomic E-state index is 13.2. The third-order valence-corrected chi connectivity index (χ3v) is 4.19. The van der Waals surface area contributed by atoms with Crippen molar-refractivity contribution in [3.05, 3.63) is 59.8 Å². The smallest absolute Gasteiger partial charge is 0.196 e. The van der Waals surface area contributed by atoms with Gasteiger partial charge < -0.3 is 0 Å². The van der Waals surface area contributed by atoms with Crippen LogP contribution in [0.2, 0.25) is 0 Å². The van der Waals surface area contributed by atoms with Gasteiger partial charge in [0.05, 0.1) is 5.25 Å². The lowest BCUT2D eigenvalue weighted by molar-refractivity contribution is 0.0993. The molecule has 2 aromatic heterocycles. The normalized spacial score (nSPS) is 12.5. The maximum absolute atomic E-state index is 13.2. The Kier molecular flexibility index (Phi) is 3.89. The van der Waals surface area contributed by atoms with Crippen LogP contribution < -0.4 is 0 Å². The zero-order valence-corrected chi connectivity index (χ0v) is 12.3. The molecule has 0 bridgehead atoms. The number of carbonyl (C=O) groups is 1. The lowest BCUT2D eigenvalue weighted by Crippen LogP contribution is -2.14. The number of nitrogens with zero attached hydrogens (tertiary/aromatic N) is 3. The summed E-state index contributed by atoms with van der Waals surface area (Å²) in [5.74, 6) is -2.30. The Bertz CT molecular complexity index is 850. The van der Waals surface area contributed by atoms with Gasteiger partial charge in [-0.1, -0.05) is 17.8 Å². The Balaban J connectivity index is 1.83. The molecular formula is C15H11F2N3OS. The third kappa shape index (κ3) is 2.71. The van der Waals surface area contributed by atoms with E-state index in [1.165, 1.54) is 17.8 Å². The first-order valence-corrected chi connectivity index (χ1v) is 7.40. The topological polar surface area (TPSA) is 47.3 Å². The summed E-state index contributed by atoms with van der Waals surface area (Å²) in [6, 6.07) is 8.62. The van der Waals surface area contributed by atoms with Crippen molar-refractivity contribution in [1.82, 2.24) is 14.6 Å². The highest BCUT2D eigenvalue weighted by Gasteiger charge is 2.20. The summed E-state index contributed by atoms with van der Waals surface area (Å²) >= 11 is 1.22. The van der Waals surface area contributed by atoms with E-state index >= 15 is 0 Å². The standard InChI is InChI=1S/C15H11F2N3OS/c1-9(14(21)10-5-6-11(16)12(17)8-10)22-15-19-18-13-4-2-3-7-20(13)15/h2-9H,1H3/t9-/m0/s1. The van der Waals surface area contributed by atoms with E-state index < -0.39 is 16.9 Å². The molecule has 0 aliphatic heterocycles. The molecule has 0 fully saturated rings. The van der Waals surface area contributed by atoms with Gasteiger partial charge in [-0.3, -0.25) is 9.20 Å². The van der Waals surface area contributed by atoms with Crippen LogP contribution in [0.1, 0.15) is 17.3 Å². The van der Waals surface area contributed by atoms with E-state index in [9.17, 15) is 13.6 Å². The molecule has 0 radical (unpaired) electrons. The highest BCUT2D eigenvalue weighted by molar-refractivity contribution is 8.00. The molecule has 1 aromatic carbocycles. The minimum Gasteiger partial charge on any atom is -0.293 e. The molecule has 4 nitrogen and oxygen atoms in total. The van der Waals surface area contributed by atoms with E-state index in [2.05, 4.69) is 10.2 Å². The van der Waals surface area contributed by atoms with Gasteiger partial charge in [0.25, 0.3) is 0 Å². The van der Waals surface area contributed by atoms with Gasteiger partial charge in [0, 0.05) is 11.8 Å². The number of ketones is 1. The largest absolute Gasteiger partial charge is 0.293 e. The minimum atomic E-state index is -1.03. The fourth-order valence-corrected chi connectivity index (χ4v) is 2.91. The van der Waals surface area contributed by atoms with Crippen LogP contribution in [0.15, 0.2) is 47.8 Å². The average Bonchev–Trinajstić information content (AvgIpc) is 2.92. The van der Waals surface area contributed by atoms with Crippen molar-refractivity contribution in [2.45, 2.75) is 17.3 Å². The molecule has 0 amide bonds. The Morgan fingerprint density at radius 2 is 2.00 bits per heavy atom. The van der Waals surface area contributed by atoms with Crippen molar-refractivity contribution >= 4 is 23.2 Å². The molecule has 112 valence electrons. The molecule has 0 aliphatic carbocycles. The highest BCUT2D eigenvalue weighted by atomic mass is 32.2. The lowest BCUT2D eigenvalue weighted by Gasteiger charge is -2.09. The number of pyridine rings is 1. The molecule has 7 heteroatoms. The first-order valence-electron chi connectivity index (χ1n) is 6.52. The number of benzene rings is 1. The summed E-state index contributed by atoms with van der Waals surface area (Å²) in [4.78, 5) is 12.3. The van der Waals surface area contributed by atoms with E-state index in [0.717, 1.165) is 12.1 Å². The number of halogens is 2. The van der Waals surface area contributed by atoms with E-state index in [0.29, 0.717) is 10.8 Å². The number of hydrogen-bond donors (Lipinski definition) is 0. The molecule has 3 aromatic rings. The number of thioether (sulfide) groups is 1. The van der Waals surface area contributed by atoms with Gasteiger partial charge in [-0.25, -0.2) is 8.78 Å². The van der Waals surface area contributed by atoms with Crippen molar-refractivity contribution in [3.8, 4) is 0 Å². The predicted octanol–water partition coefficient (Wildman–Crippen LogP) is 3.37. The summed E-state index contributed by atoms with van der Waals surface area (Å²) in [7, 11) is 0. The summed E-state index contributed by atoms with van der Waals surface area (Å²) < 4.78 is 27.9. The minimum absolute atomic E-state index is 0.132. The lowest BCUT2D eigenvalue weighted by atomic mass is 10.1. The molecule has 0 saturated carbocycles. The maximum Gasteiger partial charge on any atom is 0.196 e. The van der Waals surface area contributed by atoms with Crippen molar-refractivity contribution in [2.24, 2.45) is 0 Å². The zero-order valence-electron chi connectivity index (χ0n) is 11.5. The third-order valence-electron chi connectivity index (χ3n) is 3.14. The van der Waals surface area contributed by atoms with E-state index in [1.807, 2.05) is 12.1 Å². The van der Waals surface area contributed by atoms with E-state index in [-0.39, 0.29) is 11.3 Å². The first kappa shape index (κ1) is 14.6. The Morgan fingerprint density at radius 1 is 1.18 bits per heavy atom. The summed E-state index contributed by atoms with van der Waals surface area (Å²) in [6.07, 6.45) is 1.80. The Labute approximate surface area is 129 Å². The molecule has 1 atom stereocenters. The summed E-state index contributed by atoms with van der Waals surface area (Å²) in [5.41, 5.74) is 0.810. The molecule has 0 unspecified atom stereocenters. The number of fused-ring (bicyclic) bond motifs is 1. The molecule has 2 heterocycles. The number of aromatic nitrogens is 3. The number of Topliss-reactive ketones (excluding diaryl/α,β-unsaturated/α-hetero) is 1. The van der Waals surface area contributed by atoms with Gasteiger partial charge >= 0.3 is 0 Å². The monoisotopic (exact) mass is 319 g/mol. The van der Waals surface area contributed by atoms with Crippen molar-refractivity contribution in [2.75, 3.05) is 0 Å². The zero-order chi connectivity index (χ0) is 15.7. The van der Waals surface area contributed by atoms with Crippen LogP contribution in [0.4, 0.5) is 8.78 Å². The second-order valence-electron chi connectivity index (χ2n) is 4.66. The molecule has 0 aliphatic rings. The summed E-state index contributed by atoms with van der Waals surface area (Å²) in [5, 5.41) is 8.10. The van der Waals surface area contributed by atoms with Crippen LogP contribution >= 0.6 is 11.8 Å². The first-order chi connectivity index (χ1) is 10.6. The molecular weight excluding hydrogens is 308 g/mol. The van der Waals surface area contributed by atoms with E-state index in [1.54, 1.807) is 23.6 Å². The van der Waals surface area contributed by atoms with Crippen LogP contribution in [0.5, 0.6) is 0 Å². The van der Waals surface area contributed by atoms with Gasteiger partial charge in [-0.2, -0.15) is 0 Å². The number of rotatable bonds is 4. The van der Waals surface area contributed by atoms with Crippen LogP contribution in [0, 0.1) is 11.6 Å². The molecule has 0 spiro atoms. The second-order valence-corrected chi connectivity index (χ2v) is 5.97. The van der Waals surface area contributed by atoms with Crippen LogP contribution in [-0.4, -0.2) is 25.6 Å². The van der Waals surface area contributed by atoms with Gasteiger partial charge in [0.15, 0.2) is 28.2 Å². The van der Waals surface area contributed by atoms with E-state index in [4.69, 9.17) is 0 Å². The van der Waals surface area contributed by atoms with Gasteiger partial charge in [0.2, 0.25) is 0 Å². The number of hydrogen-bond acceptors (Lipinski definition) is 4. The van der Waals surface area contributed by atoms with Crippen LogP contribution in [0.25, 0.3) is 5.65 Å². The number of carbonyl (C=O) groups excluding carboxylic acids is 1. The fraction of sp³-hybridized carbons (Fsp3) is 0.133. The summed E-state index contributed by atoms with van der Waals surface area (Å²) in [6.45, 7) is 1.69. The van der Waals surface area contributed by atoms with Crippen molar-refractivity contribution in [1.29, 1.82) is 0 Å². The van der Waals surface area contributed by atoms with Gasteiger partial charge in [-0.05, 0) is 37.3 Å². The predicted molar refractivity (Wildman–Crippen MR) is 79.0 cm³/mol. The van der Waals surface area contributed by atoms with Crippen molar-refractivity contribution < 1.29 is 13.6 Å². The van der Waals surface area contributed by atoms with Crippen molar-refractivity contribution in [3.63, 3.8) is 0 Å². The molecule has 22 heavy (non-hydrogen) atoms. The second kappa shape index (κ2) is 5.84. The SMILES string of the molecule is C[C@H](Sc1nnc2ccccn12)C(=O)c1ccc(F)c(F)c1.